The fourth-order valence-corrected chi connectivity index (χ4v) is 2.41. The molecule has 21 heavy (non-hydrogen) atoms. The number of ether oxygens (including phenoxy) is 1. The average Bonchev–Trinajstić information content (AvgIpc) is 2.46. The van der Waals surface area contributed by atoms with Crippen LogP contribution in [0.25, 0.3) is 0 Å². The van der Waals surface area contributed by atoms with Crippen LogP contribution >= 0.6 is 0 Å². The van der Waals surface area contributed by atoms with E-state index in [1.165, 1.54) is 12.1 Å². The number of nitrogens with one attached hydrogen (secondary N) is 1. The summed E-state index contributed by atoms with van der Waals surface area (Å²) in [5.41, 5.74) is -0.254. The number of aromatic hydroxyl groups is 1. The van der Waals surface area contributed by atoms with Crippen LogP contribution in [-0.4, -0.2) is 41.8 Å². The molecule has 0 bridgehead atoms. The monoisotopic (exact) mass is 293 g/mol. The van der Waals surface area contributed by atoms with E-state index < -0.39 is 11.4 Å². The van der Waals surface area contributed by atoms with E-state index in [1.807, 2.05) is 0 Å². The summed E-state index contributed by atoms with van der Waals surface area (Å²) in [5.74, 6) is -1.05. The van der Waals surface area contributed by atoms with E-state index in [9.17, 15) is 19.8 Å². The second kappa shape index (κ2) is 6.58. The standard InChI is InChI=1S/C15H19NO5/c17-12-3-1-2-11(8-12)9-13(18)16-10-15(14(19)20)4-6-21-7-5-15/h1-3,8,17H,4-7,9-10H2,(H,16,18)(H,19,20). The molecule has 6 nitrogen and oxygen atoms in total. The summed E-state index contributed by atoms with van der Waals surface area (Å²) in [5, 5.41) is 21.4. The van der Waals surface area contributed by atoms with E-state index in [4.69, 9.17) is 4.74 Å². The zero-order valence-electron chi connectivity index (χ0n) is 11.7. The largest absolute Gasteiger partial charge is 0.508 e. The fraction of sp³-hybridized carbons (Fsp3) is 0.467. The molecule has 0 saturated carbocycles. The number of carboxylic acids is 1. The van der Waals surface area contributed by atoms with Crippen LogP contribution in [-0.2, 0) is 20.7 Å². The van der Waals surface area contributed by atoms with Gasteiger partial charge >= 0.3 is 5.97 Å². The number of aliphatic carboxylic acids is 1. The zero-order valence-corrected chi connectivity index (χ0v) is 11.7. The van der Waals surface area contributed by atoms with Crippen LogP contribution in [0.1, 0.15) is 18.4 Å². The molecule has 0 aliphatic carbocycles. The molecular weight excluding hydrogens is 274 g/mol. The van der Waals surface area contributed by atoms with E-state index in [-0.39, 0.29) is 24.6 Å². The SMILES string of the molecule is O=C(Cc1cccc(O)c1)NCC1(C(=O)O)CCOCC1. The highest BCUT2D eigenvalue weighted by Crippen LogP contribution is 2.30. The van der Waals surface area contributed by atoms with Gasteiger partial charge in [0.15, 0.2) is 0 Å². The third kappa shape index (κ3) is 3.95. The molecule has 1 aromatic carbocycles. The van der Waals surface area contributed by atoms with E-state index in [0.717, 1.165) is 0 Å². The minimum absolute atomic E-state index is 0.101. The summed E-state index contributed by atoms with van der Waals surface area (Å²) in [6.07, 6.45) is 0.907. The molecule has 1 heterocycles. The van der Waals surface area contributed by atoms with Crippen LogP contribution in [0.2, 0.25) is 0 Å². The molecule has 114 valence electrons. The number of amides is 1. The first kappa shape index (κ1) is 15.3. The number of carbonyl (C=O) groups excluding carboxylic acids is 1. The molecule has 1 aromatic rings. The van der Waals surface area contributed by atoms with Crippen molar-refractivity contribution in [3.05, 3.63) is 29.8 Å². The van der Waals surface area contributed by atoms with Crippen molar-refractivity contribution in [2.45, 2.75) is 19.3 Å². The van der Waals surface area contributed by atoms with E-state index in [1.54, 1.807) is 12.1 Å². The van der Waals surface area contributed by atoms with Crippen molar-refractivity contribution >= 4 is 11.9 Å². The molecule has 0 spiro atoms. The number of carboxylic acid groups (broad SMARTS) is 1. The van der Waals surface area contributed by atoms with Gasteiger partial charge in [0.1, 0.15) is 5.75 Å². The van der Waals surface area contributed by atoms with Crippen LogP contribution in [0.15, 0.2) is 24.3 Å². The van der Waals surface area contributed by atoms with Crippen LogP contribution in [0.3, 0.4) is 0 Å². The minimum atomic E-state index is -0.938. The van der Waals surface area contributed by atoms with Crippen molar-refractivity contribution in [2.24, 2.45) is 5.41 Å². The molecular formula is C15H19NO5. The molecule has 0 unspecified atom stereocenters. The van der Waals surface area contributed by atoms with Gasteiger partial charge in [-0.15, -0.1) is 0 Å². The van der Waals surface area contributed by atoms with E-state index in [2.05, 4.69) is 5.32 Å². The van der Waals surface area contributed by atoms with Gasteiger partial charge in [0.2, 0.25) is 5.91 Å². The Bertz CT molecular complexity index is 523. The van der Waals surface area contributed by atoms with Crippen molar-refractivity contribution in [1.82, 2.24) is 5.32 Å². The Morgan fingerprint density at radius 1 is 1.29 bits per heavy atom. The average molecular weight is 293 g/mol. The fourth-order valence-electron chi connectivity index (χ4n) is 2.41. The van der Waals surface area contributed by atoms with Gasteiger partial charge in [0.05, 0.1) is 11.8 Å². The van der Waals surface area contributed by atoms with Gasteiger partial charge in [0.25, 0.3) is 0 Å². The molecule has 1 aliphatic rings. The smallest absolute Gasteiger partial charge is 0.311 e. The summed E-state index contributed by atoms with van der Waals surface area (Å²) in [6, 6.07) is 6.44. The lowest BCUT2D eigenvalue weighted by Gasteiger charge is -2.33. The number of phenols is 1. The van der Waals surface area contributed by atoms with Crippen LogP contribution in [0.5, 0.6) is 5.75 Å². The highest BCUT2D eigenvalue weighted by Gasteiger charge is 2.40. The number of benzene rings is 1. The maximum atomic E-state index is 11.9. The topological polar surface area (TPSA) is 95.9 Å². The van der Waals surface area contributed by atoms with Crippen LogP contribution < -0.4 is 5.32 Å². The first-order valence-corrected chi connectivity index (χ1v) is 6.88. The number of hydrogen-bond donors (Lipinski definition) is 3. The molecule has 1 fully saturated rings. The van der Waals surface area contributed by atoms with Crippen LogP contribution in [0, 0.1) is 5.41 Å². The van der Waals surface area contributed by atoms with Crippen LogP contribution in [0.4, 0.5) is 0 Å². The summed E-state index contributed by atoms with van der Waals surface area (Å²) >= 11 is 0. The van der Waals surface area contributed by atoms with Gasteiger partial charge in [-0.25, -0.2) is 0 Å². The third-order valence-corrected chi connectivity index (χ3v) is 3.80. The van der Waals surface area contributed by atoms with Crippen molar-refractivity contribution in [3.63, 3.8) is 0 Å². The highest BCUT2D eigenvalue weighted by atomic mass is 16.5. The molecule has 0 atom stereocenters. The first-order valence-electron chi connectivity index (χ1n) is 6.88. The Morgan fingerprint density at radius 2 is 2.00 bits per heavy atom. The van der Waals surface area contributed by atoms with Crippen molar-refractivity contribution in [3.8, 4) is 5.75 Å². The summed E-state index contributed by atoms with van der Waals surface area (Å²) in [6.45, 7) is 0.896. The lowest BCUT2D eigenvalue weighted by Crippen LogP contribution is -2.46. The Hall–Kier alpha value is -2.08. The summed E-state index contributed by atoms with van der Waals surface area (Å²) in [7, 11) is 0. The van der Waals surface area contributed by atoms with Crippen molar-refractivity contribution in [2.75, 3.05) is 19.8 Å². The zero-order chi connectivity index (χ0) is 15.3. The van der Waals surface area contributed by atoms with Gasteiger partial charge in [-0.2, -0.15) is 0 Å². The first-order chi connectivity index (χ1) is 10.0. The molecule has 2 rings (SSSR count). The second-order valence-electron chi connectivity index (χ2n) is 5.32. The second-order valence-corrected chi connectivity index (χ2v) is 5.32. The van der Waals surface area contributed by atoms with Gasteiger partial charge in [0, 0.05) is 19.8 Å². The molecule has 1 amide bonds. The maximum Gasteiger partial charge on any atom is 0.311 e. The van der Waals surface area contributed by atoms with Gasteiger partial charge < -0.3 is 20.3 Å². The molecule has 1 aliphatic heterocycles. The molecule has 1 saturated heterocycles. The Balaban J connectivity index is 1.91. The van der Waals surface area contributed by atoms with Crippen molar-refractivity contribution in [1.29, 1.82) is 0 Å². The molecule has 0 radical (unpaired) electrons. The predicted molar refractivity (Wildman–Crippen MR) is 74.9 cm³/mol. The van der Waals surface area contributed by atoms with Gasteiger partial charge in [-0.05, 0) is 30.5 Å². The number of phenolic OH excluding ortho intramolecular Hbond substituents is 1. The predicted octanol–water partition coefficient (Wildman–Crippen LogP) is 0.932. The Labute approximate surface area is 122 Å². The Morgan fingerprint density at radius 3 is 2.62 bits per heavy atom. The van der Waals surface area contributed by atoms with Gasteiger partial charge in [-0.3, -0.25) is 9.59 Å². The van der Waals surface area contributed by atoms with Gasteiger partial charge in [-0.1, -0.05) is 12.1 Å². The minimum Gasteiger partial charge on any atom is -0.508 e. The number of carbonyl (C=O) groups is 2. The quantitative estimate of drug-likeness (QED) is 0.750. The normalized spacial score (nSPS) is 17.1. The molecule has 6 heteroatoms. The van der Waals surface area contributed by atoms with E-state index in [0.29, 0.717) is 31.6 Å². The lowest BCUT2D eigenvalue weighted by atomic mass is 9.80. The summed E-state index contributed by atoms with van der Waals surface area (Å²) < 4.78 is 5.19. The summed E-state index contributed by atoms with van der Waals surface area (Å²) in [4.78, 5) is 23.4. The number of hydrogen-bond acceptors (Lipinski definition) is 4. The molecule has 3 N–H and O–H groups in total. The van der Waals surface area contributed by atoms with Crippen molar-refractivity contribution < 1.29 is 24.5 Å². The number of rotatable bonds is 5. The van der Waals surface area contributed by atoms with E-state index >= 15 is 0 Å². The maximum absolute atomic E-state index is 11.9. The third-order valence-electron chi connectivity index (χ3n) is 3.80. The Kier molecular flexibility index (Phi) is 4.80. The molecule has 0 aromatic heterocycles. The lowest BCUT2D eigenvalue weighted by molar-refractivity contribution is -0.154. The highest BCUT2D eigenvalue weighted by molar-refractivity contribution is 5.80.